The third kappa shape index (κ3) is 3.55. The Morgan fingerprint density at radius 2 is 2.08 bits per heavy atom. The Morgan fingerprint density at radius 3 is 2.67 bits per heavy atom. The van der Waals surface area contributed by atoms with E-state index in [-0.39, 0.29) is 0 Å². The zero-order valence-corrected chi connectivity index (χ0v) is 10.3. The molecular formula is C9H10NSe2. The first-order chi connectivity index (χ1) is 5.83. The Kier molecular flexibility index (Phi) is 4.63. The second-order valence-corrected chi connectivity index (χ2v) is 6.90. The van der Waals surface area contributed by atoms with Crippen LogP contribution in [0.3, 0.4) is 0 Å². The molecule has 1 rings (SSSR count). The molecule has 1 nitrogen and oxygen atoms in total. The molecule has 63 valence electrons. The van der Waals surface area contributed by atoms with Crippen LogP contribution < -0.4 is 0 Å². The van der Waals surface area contributed by atoms with Gasteiger partial charge in [0.15, 0.2) is 0 Å². The molecule has 0 aliphatic heterocycles. The van der Waals surface area contributed by atoms with Crippen molar-refractivity contribution < 1.29 is 0 Å². The molecule has 0 amide bonds. The van der Waals surface area contributed by atoms with Crippen molar-refractivity contribution in [3.8, 4) is 0 Å². The van der Waals surface area contributed by atoms with Gasteiger partial charge in [0.1, 0.15) is 0 Å². The summed E-state index contributed by atoms with van der Waals surface area (Å²) in [5.41, 5.74) is 1.04. The molecule has 0 bridgehead atoms. The number of hydrogen-bond acceptors (Lipinski definition) is 1. The molecular weight excluding hydrogens is 280 g/mol. The summed E-state index contributed by atoms with van der Waals surface area (Å²) in [6.07, 6.45) is 0. The van der Waals surface area contributed by atoms with Crippen LogP contribution in [-0.4, -0.2) is 34.5 Å². The van der Waals surface area contributed by atoms with Crippen molar-refractivity contribution in [2.75, 3.05) is 0 Å². The number of aliphatic imine (C=N–C) groups is 1. The van der Waals surface area contributed by atoms with Crippen LogP contribution in [0, 0.1) is 0 Å². The fourth-order valence-corrected chi connectivity index (χ4v) is 3.14. The van der Waals surface area contributed by atoms with Crippen LogP contribution >= 0.6 is 0 Å². The number of nitrogens with zero attached hydrogens (tertiary/aromatic N) is 1. The molecule has 0 aliphatic carbocycles. The van der Waals surface area contributed by atoms with E-state index in [4.69, 9.17) is 0 Å². The monoisotopic (exact) mass is 292 g/mol. The van der Waals surface area contributed by atoms with Gasteiger partial charge in [0.25, 0.3) is 0 Å². The van der Waals surface area contributed by atoms with Gasteiger partial charge in [-0.3, -0.25) is 0 Å². The fraction of sp³-hybridized carbons (Fsp3) is 0.222. The average Bonchev–Trinajstić information content (AvgIpc) is 2.06. The summed E-state index contributed by atoms with van der Waals surface area (Å²) >= 11 is 3.53. The summed E-state index contributed by atoms with van der Waals surface area (Å²) in [7, 11) is 0. The van der Waals surface area contributed by atoms with E-state index in [1.54, 1.807) is 0 Å². The third-order valence-electron chi connectivity index (χ3n) is 1.24. The molecule has 0 unspecified atom stereocenters. The summed E-state index contributed by atoms with van der Waals surface area (Å²) in [5.74, 6) is 0. The van der Waals surface area contributed by atoms with Gasteiger partial charge in [0.05, 0.1) is 0 Å². The van der Waals surface area contributed by atoms with Gasteiger partial charge in [-0.25, -0.2) is 0 Å². The molecule has 0 atom stereocenters. The van der Waals surface area contributed by atoms with Crippen LogP contribution in [0.1, 0.15) is 6.92 Å². The molecule has 0 N–H and O–H groups in total. The summed E-state index contributed by atoms with van der Waals surface area (Å²) in [6.45, 7) is 2.18. The molecule has 0 fully saturated rings. The minimum absolute atomic E-state index is 0.524. The van der Waals surface area contributed by atoms with E-state index in [2.05, 4.69) is 27.9 Å². The van der Waals surface area contributed by atoms with Gasteiger partial charge in [0, 0.05) is 0 Å². The summed E-state index contributed by atoms with van der Waals surface area (Å²) in [6, 6.07) is 10.0. The van der Waals surface area contributed by atoms with E-state index in [0.29, 0.717) is 15.0 Å². The van der Waals surface area contributed by atoms with Gasteiger partial charge < -0.3 is 0 Å². The van der Waals surface area contributed by atoms with Crippen molar-refractivity contribution in [1.82, 2.24) is 0 Å². The normalized spacial score (nSPS) is 11.6. The van der Waals surface area contributed by atoms with Crippen LogP contribution in [0.5, 0.6) is 0 Å². The van der Waals surface area contributed by atoms with Crippen LogP contribution in [0.25, 0.3) is 0 Å². The first-order valence-electron chi connectivity index (χ1n) is 3.76. The second-order valence-electron chi connectivity index (χ2n) is 2.15. The fourth-order valence-electron chi connectivity index (χ4n) is 0.764. The zero-order chi connectivity index (χ0) is 8.81. The first-order valence-corrected chi connectivity index (χ1v) is 6.69. The van der Waals surface area contributed by atoms with Crippen molar-refractivity contribution >= 4 is 40.2 Å². The minimum atomic E-state index is 0.524. The number of hydrogen-bond donors (Lipinski definition) is 0. The Labute approximate surface area is 87.6 Å². The topological polar surface area (TPSA) is 12.4 Å². The Morgan fingerprint density at radius 1 is 1.42 bits per heavy atom. The molecule has 1 aromatic carbocycles. The van der Waals surface area contributed by atoms with Gasteiger partial charge in [-0.2, -0.15) is 0 Å². The van der Waals surface area contributed by atoms with E-state index < -0.39 is 0 Å². The van der Waals surface area contributed by atoms with Gasteiger partial charge in [-0.15, -0.1) is 0 Å². The number of para-hydroxylation sites is 1. The van der Waals surface area contributed by atoms with Gasteiger partial charge in [-0.1, -0.05) is 0 Å². The molecule has 0 saturated heterocycles. The molecule has 12 heavy (non-hydrogen) atoms. The van der Waals surface area contributed by atoms with Crippen molar-refractivity contribution in [2.24, 2.45) is 4.99 Å². The van der Waals surface area contributed by atoms with Crippen LogP contribution in [0.15, 0.2) is 35.3 Å². The zero-order valence-electron chi connectivity index (χ0n) is 6.86. The van der Waals surface area contributed by atoms with Gasteiger partial charge in [0.2, 0.25) is 0 Å². The van der Waals surface area contributed by atoms with E-state index in [1.807, 2.05) is 30.3 Å². The summed E-state index contributed by atoms with van der Waals surface area (Å²) in [5, 5.41) is 1.20. The first kappa shape index (κ1) is 10.0. The molecule has 0 aromatic heterocycles. The van der Waals surface area contributed by atoms with Gasteiger partial charge >= 0.3 is 87.7 Å². The standard InChI is InChI=1S/C9H10NSe2/c1-2-12-9(11)10-8-6-4-3-5-7-8/h3-7H,2H2,1H3. The van der Waals surface area contributed by atoms with Crippen molar-refractivity contribution in [1.29, 1.82) is 0 Å². The third-order valence-corrected chi connectivity index (χ3v) is 4.04. The van der Waals surface area contributed by atoms with Gasteiger partial charge in [-0.05, 0) is 0 Å². The van der Waals surface area contributed by atoms with E-state index in [1.165, 1.54) is 5.32 Å². The maximum absolute atomic E-state index is 4.44. The molecule has 0 saturated carbocycles. The van der Waals surface area contributed by atoms with Crippen molar-refractivity contribution in [2.45, 2.75) is 12.2 Å². The summed E-state index contributed by atoms with van der Waals surface area (Å²) < 4.78 is 1.15. The molecule has 0 spiro atoms. The number of rotatable bonds is 3. The Bertz CT molecular complexity index is 256. The molecule has 1 radical (unpaired) electrons. The van der Waals surface area contributed by atoms with Crippen molar-refractivity contribution in [3.05, 3.63) is 30.3 Å². The van der Waals surface area contributed by atoms with Crippen LogP contribution in [0.4, 0.5) is 5.69 Å². The quantitative estimate of drug-likeness (QED) is 0.596. The predicted octanol–water partition coefficient (Wildman–Crippen LogP) is 1.98. The molecule has 3 heteroatoms. The Balaban J connectivity index is 2.67. The maximum atomic E-state index is 4.44. The van der Waals surface area contributed by atoms with E-state index >= 15 is 0 Å². The Hall–Kier alpha value is -0.0710. The van der Waals surface area contributed by atoms with E-state index in [0.717, 1.165) is 9.20 Å². The van der Waals surface area contributed by atoms with Crippen molar-refractivity contribution in [3.63, 3.8) is 0 Å². The van der Waals surface area contributed by atoms with Crippen LogP contribution in [-0.2, 0) is 0 Å². The molecule has 1 aromatic rings. The average molecular weight is 290 g/mol. The molecule has 0 aliphatic rings. The molecule has 0 heterocycles. The summed E-state index contributed by atoms with van der Waals surface area (Å²) in [4.78, 5) is 4.44. The SMILES string of the molecule is CC[Se]C([Se])=Nc1ccccc1. The number of benzene rings is 1. The van der Waals surface area contributed by atoms with Crippen LogP contribution in [0.2, 0.25) is 5.32 Å². The second kappa shape index (κ2) is 5.55. The van der Waals surface area contributed by atoms with E-state index in [9.17, 15) is 0 Å². The predicted molar refractivity (Wildman–Crippen MR) is 55.5 cm³/mol.